The summed E-state index contributed by atoms with van der Waals surface area (Å²) in [5.41, 5.74) is 2.72. The van der Waals surface area contributed by atoms with E-state index in [2.05, 4.69) is 15.7 Å². The molecule has 0 aliphatic rings. The lowest BCUT2D eigenvalue weighted by molar-refractivity contribution is 0.148. The van der Waals surface area contributed by atoms with Crippen molar-refractivity contribution in [2.45, 2.75) is 13.3 Å². The quantitative estimate of drug-likeness (QED) is 0.911. The third-order valence-electron chi connectivity index (χ3n) is 2.96. The Morgan fingerprint density at radius 1 is 1.38 bits per heavy atom. The summed E-state index contributed by atoms with van der Waals surface area (Å²) < 4.78 is 25.5. The van der Waals surface area contributed by atoms with Gasteiger partial charge in [-0.15, -0.1) is 0 Å². The highest BCUT2D eigenvalue weighted by Crippen LogP contribution is 2.24. The summed E-state index contributed by atoms with van der Waals surface area (Å²) in [5, 5.41) is 8.89. The van der Waals surface area contributed by atoms with E-state index in [0.29, 0.717) is 11.5 Å². The zero-order valence-corrected chi connectivity index (χ0v) is 11.7. The largest absolute Gasteiger partial charge is 0.332 e. The van der Waals surface area contributed by atoms with Crippen LogP contribution in [-0.2, 0) is 7.05 Å². The van der Waals surface area contributed by atoms with E-state index in [1.54, 1.807) is 13.1 Å². The van der Waals surface area contributed by atoms with Gasteiger partial charge in [-0.25, -0.2) is 13.6 Å². The molecule has 5 nitrogen and oxygen atoms in total. The standard InChI is InChI=1S/C14H16F2N4O/c1-9-5-3-4-6-10(9)11-7-13(20(2)19-11)18-14(21)17-8-12(15)16/h3-7,12H,8H2,1-2H3,(H2,17,18,21). The number of anilines is 1. The zero-order valence-electron chi connectivity index (χ0n) is 11.7. The number of halogens is 2. The summed E-state index contributed by atoms with van der Waals surface area (Å²) in [6.45, 7) is 1.28. The zero-order chi connectivity index (χ0) is 15.4. The van der Waals surface area contributed by atoms with Crippen molar-refractivity contribution in [1.82, 2.24) is 15.1 Å². The van der Waals surface area contributed by atoms with Crippen molar-refractivity contribution in [2.24, 2.45) is 7.05 Å². The molecule has 0 atom stereocenters. The lowest BCUT2D eigenvalue weighted by Crippen LogP contribution is -2.33. The van der Waals surface area contributed by atoms with Crippen LogP contribution in [0.2, 0.25) is 0 Å². The van der Waals surface area contributed by atoms with Gasteiger partial charge in [0.1, 0.15) is 5.82 Å². The van der Waals surface area contributed by atoms with Crippen molar-refractivity contribution in [1.29, 1.82) is 0 Å². The number of carbonyl (C=O) groups excluding carboxylic acids is 1. The van der Waals surface area contributed by atoms with Crippen LogP contribution >= 0.6 is 0 Å². The number of benzene rings is 1. The first-order valence-corrected chi connectivity index (χ1v) is 6.40. The molecule has 0 bridgehead atoms. The van der Waals surface area contributed by atoms with Crippen molar-refractivity contribution >= 4 is 11.8 Å². The maximum atomic E-state index is 12.0. The monoisotopic (exact) mass is 294 g/mol. The molecule has 7 heteroatoms. The van der Waals surface area contributed by atoms with Gasteiger partial charge in [-0.1, -0.05) is 24.3 Å². The van der Waals surface area contributed by atoms with Crippen molar-refractivity contribution in [3.63, 3.8) is 0 Å². The first-order chi connectivity index (χ1) is 9.97. The highest BCUT2D eigenvalue weighted by atomic mass is 19.3. The number of alkyl halides is 2. The van der Waals surface area contributed by atoms with Gasteiger partial charge in [0.25, 0.3) is 6.43 Å². The smallest absolute Gasteiger partial charge is 0.320 e. The van der Waals surface area contributed by atoms with E-state index in [1.165, 1.54) is 4.68 Å². The topological polar surface area (TPSA) is 59.0 Å². The molecule has 1 aromatic carbocycles. The van der Waals surface area contributed by atoms with Crippen molar-refractivity contribution < 1.29 is 13.6 Å². The third kappa shape index (κ3) is 3.77. The fourth-order valence-electron chi connectivity index (χ4n) is 1.91. The summed E-state index contributed by atoms with van der Waals surface area (Å²) in [6.07, 6.45) is -2.58. The van der Waals surface area contributed by atoms with E-state index >= 15 is 0 Å². The number of aromatic nitrogens is 2. The molecule has 0 aliphatic heterocycles. The van der Waals surface area contributed by atoms with Crippen LogP contribution in [0.1, 0.15) is 5.56 Å². The van der Waals surface area contributed by atoms with Gasteiger partial charge in [0, 0.05) is 18.7 Å². The van der Waals surface area contributed by atoms with Crippen LogP contribution in [-0.4, -0.2) is 28.8 Å². The fraction of sp³-hybridized carbons (Fsp3) is 0.286. The molecule has 0 spiro atoms. The number of nitrogens with one attached hydrogen (secondary N) is 2. The molecule has 2 rings (SSSR count). The normalized spacial score (nSPS) is 10.7. The second-order valence-electron chi connectivity index (χ2n) is 4.58. The molecule has 2 N–H and O–H groups in total. The molecule has 2 amide bonds. The lowest BCUT2D eigenvalue weighted by Gasteiger charge is -2.06. The predicted molar refractivity (Wildman–Crippen MR) is 76.4 cm³/mol. The minimum Gasteiger partial charge on any atom is -0.332 e. The molecule has 2 aromatic rings. The van der Waals surface area contributed by atoms with Crippen LogP contribution in [0.15, 0.2) is 30.3 Å². The lowest BCUT2D eigenvalue weighted by atomic mass is 10.1. The van der Waals surface area contributed by atoms with E-state index in [0.717, 1.165) is 11.1 Å². The number of aryl methyl sites for hydroxylation is 2. The average Bonchev–Trinajstić information content (AvgIpc) is 2.78. The molecule has 21 heavy (non-hydrogen) atoms. The first-order valence-electron chi connectivity index (χ1n) is 6.40. The number of hydrogen-bond donors (Lipinski definition) is 2. The van der Waals surface area contributed by atoms with Crippen LogP contribution in [0.4, 0.5) is 19.4 Å². The summed E-state index contributed by atoms with van der Waals surface area (Å²) in [6, 6.07) is 8.74. The summed E-state index contributed by atoms with van der Waals surface area (Å²) in [5.74, 6) is 0.431. The van der Waals surface area contributed by atoms with E-state index < -0.39 is 19.0 Å². The Hall–Kier alpha value is -2.44. The Labute approximate surface area is 121 Å². The van der Waals surface area contributed by atoms with Crippen LogP contribution in [0.3, 0.4) is 0 Å². The molecule has 0 saturated carbocycles. The summed E-state index contributed by atoms with van der Waals surface area (Å²) in [7, 11) is 1.67. The number of hydrogen-bond acceptors (Lipinski definition) is 2. The molecule has 112 valence electrons. The van der Waals surface area contributed by atoms with E-state index in [-0.39, 0.29) is 0 Å². The summed E-state index contributed by atoms with van der Waals surface area (Å²) >= 11 is 0. The number of rotatable bonds is 4. The van der Waals surface area contributed by atoms with Crippen LogP contribution in [0.5, 0.6) is 0 Å². The second-order valence-corrected chi connectivity index (χ2v) is 4.58. The second kappa shape index (κ2) is 6.34. The average molecular weight is 294 g/mol. The van der Waals surface area contributed by atoms with Gasteiger partial charge in [0.2, 0.25) is 0 Å². The van der Waals surface area contributed by atoms with Gasteiger partial charge in [-0.3, -0.25) is 10.00 Å². The molecule has 1 heterocycles. The van der Waals surface area contributed by atoms with Crippen molar-refractivity contribution in [3.8, 4) is 11.3 Å². The minimum atomic E-state index is -2.58. The third-order valence-corrected chi connectivity index (χ3v) is 2.96. The molecule has 0 radical (unpaired) electrons. The van der Waals surface area contributed by atoms with Gasteiger partial charge >= 0.3 is 6.03 Å². The van der Waals surface area contributed by atoms with E-state index in [4.69, 9.17) is 0 Å². The Morgan fingerprint density at radius 2 is 2.10 bits per heavy atom. The van der Waals surface area contributed by atoms with Crippen molar-refractivity contribution in [2.75, 3.05) is 11.9 Å². The highest BCUT2D eigenvalue weighted by Gasteiger charge is 2.12. The SMILES string of the molecule is Cc1ccccc1-c1cc(NC(=O)NCC(F)F)n(C)n1. The maximum Gasteiger partial charge on any atom is 0.320 e. The van der Waals surface area contributed by atoms with Crippen LogP contribution in [0, 0.1) is 6.92 Å². The Bertz CT molecular complexity index is 640. The molecule has 0 unspecified atom stereocenters. The number of urea groups is 1. The molecule has 0 fully saturated rings. The van der Waals surface area contributed by atoms with Crippen molar-refractivity contribution in [3.05, 3.63) is 35.9 Å². The predicted octanol–water partition coefficient (Wildman–Crippen LogP) is 2.78. The van der Waals surface area contributed by atoms with Crippen LogP contribution in [0.25, 0.3) is 11.3 Å². The van der Waals surface area contributed by atoms with Gasteiger partial charge < -0.3 is 5.32 Å². The molecule has 1 aromatic heterocycles. The van der Waals surface area contributed by atoms with Gasteiger partial charge in [-0.05, 0) is 12.5 Å². The van der Waals surface area contributed by atoms with Crippen LogP contribution < -0.4 is 10.6 Å². The maximum absolute atomic E-state index is 12.0. The molecule has 0 aliphatic carbocycles. The van der Waals surface area contributed by atoms with E-state index in [9.17, 15) is 13.6 Å². The minimum absolute atomic E-state index is 0.431. The number of nitrogens with zero attached hydrogens (tertiary/aromatic N) is 2. The Balaban J connectivity index is 2.13. The van der Waals surface area contributed by atoms with Gasteiger partial charge in [-0.2, -0.15) is 5.10 Å². The molecule has 0 saturated heterocycles. The first kappa shape index (κ1) is 15.0. The Kier molecular flexibility index (Phi) is 4.52. The Morgan fingerprint density at radius 3 is 2.76 bits per heavy atom. The van der Waals surface area contributed by atoms with Gasteiger partial charge in [0.15, 0.2) is 0 Å². The summed E-state index contributed by atoms with van der Waals surface area (Å²) in [4.78, 5) is 11.5. The highest BCUT2D eigenvalue weighted by molar-refractivity contribution is 5.89. The number of carbonyl (C=O) groups is 1. The molecular weight excluding hydrogens is 278 g/mol. The number of amides is 2. The molecular formula is C14H16F2N4O. The van der Waals surface area contributed by atoms with E-state index in [1.807, 2.05) is 31.2 Å². The van der Waals surface area contributed by atoms with Gasteiger partial charge in [0.05, 0.1) is 12.2 Å². The fourth-order valence-corrected chi connectivity index (χ4v) is 1.91.